The molecule has 4 heteroatoms. The van der Waals surface area contributed by atoms with Gasteiger partial charge in [-0.25, -0.2) is 0 Å². The zero-order chi connectivity index (χ0) is 12.8. The first-order valence-corrected chi connectivity index (χ1v) is 6.08. The molecule has 17 heavy (non-hydrogen) atoms. The molecule has 1 rings (SSSR count). The number of nitrogens with zero attached hydrogens (tertiary/aromatic N) is 1. The number of halogens is 1. The van der Waals surface area contributed by atoms with Crippen LogP contribution in [-0.2, 0) is 4.79 Å². The van der Waals surface area contributed by atoms with E-state index in [9.17, 15) is 4.79 Å². The van der Waals surface area contributed by atoms with Crippen LogP contribution in [0.4, 0.5) is 0 Å². The summed E-state index contributed by atoms with van der Waals surface area (Å²) >= 11 is 6.10. The average Bonchev–Trinajstić information content (AvgIpc) is 2.29. The van der Waals surface area contributed by atoms with Gasteiger partial charge in [0.25, 0.3) is 0 Å². The third-order valence-electron chi connectivity index (χ3n) is 2.66. The van der Waals surface area contributed by atoms with Crippen LogP contribution in [0, 0.1) is 0 Å². The van der Waals surface area contributed by atoms with Crippen molar-refractivity contribution in [1.82, 2.24) is 10.2 Å². The highest BCUT2D eigenvalue weighted by molar-refractivity contribution is 6.31. The first-order chi connectivity index (χ1) is 8.02. The van der Waals surface area contributed by atoms with Crippen LogP contribution >= 0.6 is 11.6 Å². The maximum Gasteiger partial charge on any atom is 0.223 e. The SMILES string of the molecule is C[C@H](NCCC(=O)N(C)C)c1ccccc1Cl. The van der Waals surface area contributed by atoms with Gasteiger partial charge in [0.1, 0.15) is 0 Å². The molecular weight excluding hydrogens is 236 g/mol. The van der Waals surface area contributed by atoms with Gasteiger partial charge in [0.15, 0.2) is 0 Å². The summed E-state index contributed by atoms with van der Waals surface area (Å²) in [5.41, 5.74) is 1.06. The molecule has 1 atom stereocenters. The van der Waals surface area contributed by atoms with Crippen molar-refractivity contribution in [2.75, 3.05) is 20.6 Å². The van der Waals surface area contributed by atoms with Gasteiger partial charge in [-0.05, 0) is 18.6 Å². The Morgan fingerprint density at radius 1 is 1.41 bits per heavy atom. The van der Waals surface area contributed by atoms with E-state index in [2.05, 4.69) is 5.32 Å². The van der Waals surface area contributed by atoms with Gasteiger partial charge in [0.05, 0.1) is 0 Å². The molecule has 0 aromatic heterocycles. The summed E-state index contributed by atoms with van der Waals surface area (Å²) in [4.78, 5) is 13.0. The van der Waals surface area contributed by atoms with Crippen molar-refractivity contribution in [2.24, 2.45) is 0 Å². The van der Waals surface area contributed by atoms with Crippen LogP contribution in [-0.4, -0.2) is 31.4 Å². The average molecular weight is 255 g/mol. The van der Waals surface area contributed by atoms with Crippen LogP contribution in [0.5, 0.6) is 0 Å². The molecule has 0 unspecified atom stereocenters. The molecule has 94 valence electrons. The maximum absolute atomic E-state index is 11.4. The van der Waals surface area contributed by atoms with Crippen molar-refractivity contribution in [3.05, 3.63) is 34.9 Å². The summed E-state index contributed by atoms with van der Waals surface area (Å²) in [6.45, 7) is 2.70. The van der Waals surface area contributed by atoms with Gasteiger partial charge in [-0.3, -0.25) is 4.79 Å². The van der Waals surface area contributed by atoms with Crippen LogP contribution in [0.2, 0.25) is 5.02 Å². The number of hydrogen-bond donors (Lipinski definition) is 1. The molecule has 1 N–H and O–H groups in total. The van der Waals surface area contributed by atoms with Crippen LogP contribution in [0.25, 0.3) is 0 Å². The van der Waals surface area contributed by atoms with E-state index in [0.29, 0.717) is 13.0 Å². The highest BCUT2D eigenvalue weighted by Gasteiger charge is 2.09. The Bertz CT molecular complexity index is 379. The number of hydrogen-bond acceptors (Lipinski definition) is 2. The second-order valence-electron chi connectivity index (χ2n) is 4.24. The zero-order valence-corrected chi connectivity index (χ0v) is 11.3. The summed E-state index contributed by atoms with van der Waals surface area (Å²) < 4.78 is 0. The number of nitrogens with one attached hydrogen (secondary N) is 1. The van der Waals surface area contributed by atoms with Crippen molar-refractivity contribution in [1.29, 1.82) is 0 Å². The molecule has 1 aromatic carbocycles. The van der Waals surface area contributed by atoms with E-state index < -0.39 is 0 Å². The fraction of sp³-hybridized carbons (Fsp3) is 0.462. The smallest absolute Gasteiger partial charge is 0.223 e. The molecule has 0 radical (unpaired) electrons. The first kappa shape index (κ1) is 14.0. The molecule has 0 heterocycles. The number of amides is 1. The highest BCUT2D eigenvalue weighted by Crippen LogP contribution is 2.21. The van der Waals surface area contributed by atoms with Gasteiger partial charge >= 0.3 is 0 Å². The zero-order valence-electron chi connectivity index (χ0n) is 10.5. The van der Waals surface area contributed by atoms with Crippen LogP contribution in [0.1, 0.15) is 24.9 Å². The van der Waals surface area contributed by atoms with Gasteiger partial charge in [-0.1, -0.05) is 29.8 Å². The third kappa shape index (κ3) is 4.36. The summed E-state index contributed by atoms with van der Waals surface area (Å²) in [5, 5.41) is 4.05. The second kappa shape index (κ2) is 6.62. The lowest BCUT2D eigenvalue weighted by molar-refractivity contribution is -0.128. The molecule has 1 aromatic rings. The highest BCUT2D eigenvalue weighted by atomic mass is 35.5. The molecule has 0 aliphatic heterocycles. The Labute approximate surface area is 108 Å². The van der Waals surface area contributed by atoms with Gasteiger partial charge < -0.3 is 10.2 Å². The molecule has 0 spiro atoms. The molecule has 0 saturated heterocycles. The van der Waals surface area contributed by atoms with Crippen molar-refractivity contribution >= 4 is 17.5 Å². The molecule has 0 saturated carbocycles. The summed E-state index contributed by atoms with van der Waals surface area (Å²) in [6.07, 6.45) is 0.502. The van der Waals surface area contributed by atoms with E-state index in [1.54, 1.807) is 19.0 Å². The van der Waals surface area contributed by atoms with Gasteiger partial charge in [-0.2, -0.15) is 0 Å². The Morgan fingerprint density at radius 3 is 2.65 bits per heavy atom. The molecule has 1 amide bonds. The molecule has 0 bridgehead atoms. The Morgan fingerprint density at radius 2 is 2.06 bits per heavy atom. The number of rotatable bonds is 5. The van der Waals surface area contributed by atoms with Crippen LogP contribution < -0.4 is 5.32 Å². The van der Waals surface area contributed by atoms with E-state index in [1.165, 1.54) is 0 Å². The van der Waals surface area contributed by atoms with Gasteiger partial charge in [0, 0.05) is 38.1 Å². The predicted molar refractivity (Wildman–Crippen MR) is 71.2 cm³/mol. The number of carbonyl (C=O) groups is 1. The molecule has 3 nitrogen and oxygen atoms in total. The van der Waals surface area contributed by atoms with E-state index in [-0.39, 0.29) is 11.9 Å². The predicted octanol–water partition coefficient (Wildman–Crippen LogP) is 2.47. The standard InChI is InChI=1S/C13H19ClN2O/c1-10(11-6-4-5-7-12(11)14)15-9-8-13(17)16(2)3/h4-7,10,15H,8-9H2,1-3H3/t10-/m0/s1. The largest absolute Gasteiger partial charge is 0.349 e. The van der Waals surface area contributed by atoms with E-state index in [0.717, 1.165) is 10.6 Å². The number of carbonyl (C=O) groups excluding carboxylic acids is 1. The van der Waals surface area contributed by atoms with Crippen molar-refractivity contribution in [3.63, 3.8) is 0 Å². The summed E-state index contributed by atoms with van der Waals surface area (Å²) in [6, 6.07) is 7.89. The lowest BCUT2D eigenvalue weighted by Gasteiger charge is -2.16. The third-order valence-corrected chi connectivity index (χ3v) is 3.00. The van der Waals surface area contributed by atoms with Crippen molar-refractivity contribution in [2.45, 2.75) is 19.4 Å². The van der Waals surface area contributed by atoms with Gasteiger partial charge in [0.2, 0.25) is 5.91 Å². The van der Waals surface area contributed by atoms with E-state index in [4.69, 9.17) is 11.6 Å². The minimum absolute atomic E-state index is 0.129. The Hall–Kier alpha value is -1.06. The van der Waals surface area contributed by atoms with Crippen molar-refractivity contribution < 1.29 is 4.79 Å². The minimum Gasteiger partial charge on any atom is -0.349 e. The minimum atomic E-state index is 0.129. The Kier molecular flexibility index (Phi) is 5.45. The fourth-order valence-electron chi connectivity index (χ4n) is 1.56. The van der Waals surface area contributed by atoms with Crippen LogP contribution in [0.3, 0.4) is 0 Å². The van der Waals surface area contributed by atoms with E-state index in [1.807, 2.05) is 31.2 Å². The fourth-order valence-corrected chi connectivity index (χ4v) is 1.85. The molecule has 0 fully saturated rings. The summed E-state index contributed by atoms with van der Waals surface area (Å²) in [7, 11) is 3.53. The topological polar surface area (TPSA) is 32.3 Å². The normalized spacial score (nSPS) is 12.2. The molecular formula is C13H19ClN2O. The monoisotopic (exact) mass is 254 g/mol. The summed E-state index contributed by atoms with van der Waals surface area (Å²) in [5.74, 6) is 0.129. The second-order valence-corrected chi connectivity index (χ2v) is 4.64. The Balaban J connectivity index is 2.43. The van der Waals surface area contributed by atoms with E-state index >= 15 is 0 Å². The lowest BCUT2D eigenvalue weighted by atomic mass is 10.1. The van der Waals surface area contributed by atoms with Gasteiger partial charge in [-0.15, -0.1) is 0 Å². The van der Waals surface area contributed by atoms with Crippen LogP contribution in [0.15, 0.2) is 24.3 Å². The van der Waals surface area contributed by atoms with Crippen molar-refractivity contribution in [3.8, 4) is 0 Å². The quantitative estimate of drug-likeness (QED) is 0.876. The lowest BCUT2D eigenvalue weighted by Crippen LogP contribution is -2.28. The molecule has 0 aliphatic rings. The molecule has 0 aliphatic carbocycles. The first-order valence-electron chi connectivity index (χ1n) is 5.70. The number of benzene rings is 1. The maximum atomic E-state index is 11.4.